The zero-order valence-corrected chi connectivity index (χ0v) is 18.6. The minimum absolute atomic E-state index is 0.0742. The largest absolute Gasteiger partial charge is 0.479 e. The molecule has 0 fully saturated rings. The number of halogens is 2. The molecule has 2 heterocycles. The van der Waals surface area contributed by atoms with Gasteiger partial charge in [-0.25, -0.2) is 4.98 Å². The fourth-order valence-corrected chi connectivity index (χ4v) is 4.44. The van der Waals surface area contributed by atoms with Crippen molar-refractivity contribution >= 4 is 62.8 Å². The average Bonchev–Trinajstić information content (AvgIpc) is 3.31. The Bertz CT molecular complexity index is 1040. The molecule has 0 unspecified atom stereocenters. The van der Waals surface area contributed by atoms with Crippen LogP contribution >= 0.6 is 45.9 Å². The van der Waals surface area contributed by atoms with Gasteiger partial charge in [-0.1, -0.05) is 23.2 Å². The lowest BCUT2D eigenvalue weighted by Crippen LogP contribution is -2.30. The average molecular weight is 470 g/mol. The lowest BCUT2D eigenvalue weighted by molar-refractivity contribution is -0.122. The third-order valence-electron chi connectivity index (χ3n) is 3.73. The first kappa shape index (κ1) is 21.6. The molecule has 0 saturated carbocycles. The van der Waals surface area contributed by atoms with E-state index in [1.54, 1.807) is 25.1 Å². The summed E-state index contributed by atoms with van der Waals surface area (Å²) < 4.78 is 5.62. The van der Waals surface area contributed by atoms with Crippen LogP contribution in [0.25, 0.3) is 10.6 Å². The van der Waals surface area contributed by atoms with Gasteiger partial charge in [0.25, 0.3) is 5.91 Å². The van der Waals surface area contributed by atoms with E-state index in [1.165, 1.54) is 29.6 Å². The number of carbonyl (C=O) groups excluding carboxylic acids is 2. The van der Waals surface area contributed by atoms with Crippen LogP contribution in [-0.4, -0.2) is 22.9 Å². The summed E-state index contributed by atoms with van der Waals surface area (Å²) in [6.07, 6.45) is -0.771. The van der Waals surface area contributed by atoms with Crippen LogP contribution in [0.2, 0.25) is 10.0 Å². The summed E-state index contributed by atoms with van der Waals surface area (Å²) >= 11 is 14.8. The first-order valence-corrected chi connectivity index (χ1v) is 11.0. The molecule has 0 aliphatic carbocycles. The lowest BCUT2D eigenvalue weighted by atomic mass is 10.3. The fourth-order valence-electron chi connectivity index (χ4n) is 2.29. The molecular formula is C19H17Cl2N3O3S2. The zero-order valence-electron chi connectivity index (χ0n) is 15.5. The minimum Gasteiger partial charge on any atom is -0.479 e. The van der Waals surface area contributed by atoms with Gasteiger partial charge < -0.3 is 10.1 Å². The Labute approximate surface area is 185 Å². The summed E-state index contributed by atoms with van der Waals surface area (Å²) in [6.45, 7) is 3.59. The molecule has 0 aliphatic rings. The van der Waals surface area contributed by atoms with Crippen molar-refractivity contribution < 1.29 is 14.3 Å². The maximum Gasteiger partial charge on any atom is 0.266 e. The number of ether oxygens (including phenoxy) is 1. The van der Waals surface area contributed by atoms with Crippen LogP contribution in [0, 0.1) is 0 Å². The van der Waals surface area contributed by atoms with E-state index in [0.717, 1.165) is 15.4 Å². The number of anilines is 1. The Hall–Kier alpha value is -2.13. The summed E-state index contributed by atoms with van der Waals surface area (Å²) in [4.78, 5) is 29.9. The van der Waals surface area contributed by atoms with E-state index < -0.39 is 6.10 Å². The van der Waals surface area contributed by atoms with Gasteiger partial charge in [0.2, 0.25) is 5.91 Å². The van der Waals surface area contributed by atoms with Crippen molar-refractivity contribution in [2.45, 2.75) is 26.5 Å². The Morgan fingerprint density at radius 2 is 2.03 bits per heavy atom. The van der Waals surface area contributed by atoms with Crippen LogP contribution in [0.15, 0.2) is 35.7 Å². The molecule has 1 atom stereocenters. The van der Waals surface area contributed by atoms with Gasteiger partial charge in [-0.05, 0) is 37.3 Å². The predicted molar refractivity (Wildman–Crippen MR) is 118 cm³/mol. The topological polar surface area (TPSA) is 80.3 Å². The van der Waals surface area contributed by atoms with Crippen molar-refractivity contribution in [1.82, 2.24) is 10.3 Å². The number of thiazole rings is 1. The first-order chi connectivity index (χ1) is 13.8. The second-order valence-corrected chi connectivity index (χ2v) is 8.91. The van der Waals surface area contributed by atoms with Crippen LogP contribution in [0.5, 0.6) is 5.75 Å². The number of thiophene rings is 1. The summed E-state index contributed by atoms with van der Waals surface area (Å²) in [7, 11) is 0. The van der Waals surface area contributed by atoms with Gasteiger partial charge in [0.1, 0.15) is 5.75 Å². The molecule has 1 aromatic carbocycles. The monoisotopic (exact) mass is 469 g/mol. The van der Waals surface area contributed by atoms with Gasteiger partial charge in [0.15, 0.2) is 11.2 Å². The molecular weight excluding hydrogens is 453 g/mol. The Morgan fingerprint density at radius 3 is 2.76 bits per heavy atom. The number of benzene rings is 1. The summed E-state index contributed by atoms with van der Waals surface area (Å²) in [5.74, 6) is -0.0342. The van der Waals surface area contributed by atoms with Crippen LogP contribution in [0.3, 0.4) is 0 Å². The maximum absolute atomic E-state index is 12.4. The second kappa shape index (κ2) is 9.58. The van der Waals surface area contributed by atoms with E-state index >= 15 is 0 Å². The van der Waals surface area contributed by atoms with E-state index in [-0.39, 0.29) is 11.8 Å². The number of hydrogen-bond acceptors (Lipinski definition) is 6. The maximum atomic E-state index is 12.4. The fraction of sp³-hybridized carbons (Fsp3) is 0.211. The zero-order chi connectivity index (χ0) is 21.0. The highest BCUT2D eigenvalue weighted by atomic mass is 35.5. The van der Waals surface area contributed by atoms with Crippen molar-refractivity contribution in [1.29, 1.82) is 0 Å². The number of aromatic nitrogens is 1. The summed E-state index contributed by atoms with van der Waals surface area (Å²) in [5, 5.41) is 8.68. The first-order valence-electron chi connectivity index (χ1n) is 8.53. The Balaban J connectivity index is 1.60. The van der Waals surface area contributed by atoms with Crippen LogP contribution in [0.1, 0.15) is 18.7 Å². The molecule has 6 nitrogen and oxygen atoms in total. The van der Waals surface area contributed by atoms with Gasteiger partial charge in [-0.3, -0.25) is 14.9 Å². The molecule has 3 aromatic rings. The molecule has 2 aromatic heterocycles. The Morgan fingerprint density at radius 1 is 1.24 bits per heavy atom. The third kappa shape index (κ3) is 5.93. The molecule has 0 aliphatic heterocycles. The highest BCUT2D eigenvalue weighted by Crippen LogP contribution is 2.31. The SMILES string of the molecule is CC(=O)NCc1ccc(-c2csc(NC(=O)[C@H](C)Oc3ccc(Cl)cc3Cl)n2)s1. The summed E-state index contributed by atoms with van der Waals surface area (Å²) in [6, 6.07) is 8.69. The number of hydrogen-bond donors (Lipinski definition) is 2. The van der Waals surface area contributed by atoms with E-state index in [0.29, 0.717) is 27.5 Å². The lowest BCUT2D eigenvalue weighted by Gasteiger charge is -2.14. The molecule has 2 amide bonds. The molecule has 29 heavy (non-hydrogen) atoms. The van der Waals surface area contributed by atoms with E-state index in [2.05, 4.69) is 15.6 Å². The quantitative estimate of drug-likeness (QED) is 0.496. The molecule has 0 bridgehead atoms. The van der Waals surface area contributed by atoms with E-state index in [9.17, 15) is 9.59 Å². The molecule has 0 radical (unpaired) electrons. The highest BCUT2D eigenvalue weighted by Gasteiger charge is 2.18. The van der Waals surface area contributed by atoms with Crippen molar-refractivity contribution in [3.63, 3.8) is 0 Å². The second-order valence-electron chi connectivity index (χ2n) is 6.04. The molecule has 0 saturated heterocycles. The molecule has 3 rings (SSSR count). The van der Waals surface area contributed by atoms with Crippen LogP contribution in [-0.2, 0) is 16.1 Å². The third-order valence-corrected chi connectivity index (χ3v) is 6.12. The van der Waals surface area contributed by atoms with Gasteiger partial charge in [-0.2, -0.15) is 0 Å². The summed E-state index contributed by atoms with van der Waals surface area (Å²) in [5.41, 5.74) is 0.763. The smallest absolute Gasteiger partial charge is 0.266 e. The number of carbonyl (C=O) groups is 2. The standard InChI is InChI=1S/C19H17Cl2N3O3S2/c1-10(27-16-5-3-12(20)7-14(16)21)18(26)24-19-23-15(9-28-19)17-6-4-13(29-17)8-22-11(2)25/h3-7,9-10H,8H2,1-2H3,(H,22,25)(H,23,24,26)/t10-/m0/s1. The van der Waals surface area contributed by atoms with Crippen molar-refractivity contribution in [3.05, 3.63) is 50.6 Å². The van der Waals surface area contributed by atoms with Crippen molar-refractivity contribution in [3.8, 4) is 16.3 Å². The normalized spacial score (nSPS) is 11.7. The van der Waals surface area contributed by atoms with E-state index in [4.69, 9.17) is 27.9 Å². The predicted octanol–water partition coefficient (Wildman–Crippen LogP) is 5.22. The van der Waals surface area contributed by atoms with Gasteiger partial charge >= 0.3 is 0 Å². The van der Waals surface area contributed by atoms with Crippen LogP contribution < -0.4 is 15.4 Å². The van der Waals surface area contributed by atoms with E-state index in [1.807, 2.05) is 17.5 Å². The molecule has 2 N–H and O–H groups in total. The van der Waals surface area contributed by atoms with Crippen LogP contribution in [0.4, 0.5) is 5.13 Å². The minimum atomic E-state index is -0.771. The number of amides is 2. The number of nitrogens with zero attached hydrogens (tertiary/aromatic N) is 1. The Kier molecular flexibility index (Phi) is 7.13. The molecule has 152 valence electrons. The number of nitrogens with one attached hydrogen (secondary N) is 2. The van der Waals surface area contributed by atoms with Gasteiger partial charge in [-0.15, -0.1) is 22.7 Å². The highest BCUT2D eigenvalue weighted by molar-refractivity contribution is 7.17. The van der Waals surface area contributed by atoms with Crippen molar-refractivity contribution in [2.24, 2.45) is 0 Å². The number of rotatable bonds is 7. The van der Waals surface area contributed by atoms with Gasteiger partial charge in [0.05, 0.1) is 22.1 Å². The van der Waals surface area contributed by atoms with Gasteiger partial charge in [0, 0.05) is 22.2 Å². The molecule has 10 heteroatoms. The molecule has 0 spiro atoms. The van der Waals surface area contributed by atoms with Crippen molar-refractivity contribution in [2.75, 3.05) is 5.32 Å².